The van der Waals surface area contributed by atoms with Crippen molar-refractivity contribution in [1.29, 1.82) is 0 Å². The van der Waals surface area contributed by atoms with Gasteiger partial charge in [0.25, 0.3) is 0 Å². The normalized spacial score (nSPS) is 11.6. The van der Waals surface area contributed by atoms with Crippen LogP contribution in [0.4, 0.5) is 0 Å². The summed E-state index contributed by atoms with van der Waals surface area (Å²) in [6, 6.07) is 0. The van der Waals surface area contributed by atoms with E-state index in [4.69, 9.17) is 0 Å². The minimum atomic E-state index is 1.18. The zero-order chi connectivity index (χ0) is 11.9. The van der Waals surface area contributed by atoms with Crippen LogP contribution in [0.5, 0.6) is 0 Å². The second-order valence-electron chi connectivity index (χ2n) is 4.24. The minimum Gasteiger partial charge on any atom is -0.0991 e. The molecule has 16 heavy (non-hydrogen) atoms. The van der Waals surface area contributed by atoms with Gasteiger partial charge < -0.3 is 0 Å². The topological polar surface area (TPSA) is 0 Å². The molecule has 92 valence electrons. The van der Waals surface area contributed by atoms with Gasteiger partial charge in [-0.1, -0.05) is 69.6 Å². The van der Waals surface area contributed by atoms with Gasteiger partial charge in [-0.15, -0.1) is 0 Å². The van der Waals surface area contributed by atoms with Gasteiger partial charge in [0.05, 0.1) is 0 Å². The molecule has 0 nitrogen and oxygen atoms in total. The Morgan fingerprint density at radius 2 is 1.31 bits per heavy atom. The number of allylic oxidation sites excluding steroid dienone is 5. The lowest BCUT2D eigenvalue weighted by molar-refractivity contribution is 0.600. The van der Waals surface area contributed by atoms with Gasteiger partial charge in [0.15, 0.2) is 0 Å². The predicted octanol–water partition coefficient (Wildman–Crippen LogP) is 5.82. The van der Waals surface area contributed by atoms with Gasteiger partial charge in [-0.3, -0.25) is 0 Å². The third-order valence-corrected chi connectivity index (χ3v) is 2.67. The first-order chi connectivity index (χ1) is 7.91. The Morgan fingerprint density at radius 3 is 1.88 bits per heavy atom. The third-order valence-electron chi connectivity index (χ3n) is 2.67. The van der Waals surface area contributed by atoms with Crippen LogP contribution in [0.15, 0.2) is 37.0 Å². The van der Waals surface area contributed by atoms with E-state index in [0.29, 0.717) is 0 Å². The van der Waals surface area contributed by atoms with Gasteiger partial charge in [-0.25, -0.2) is 0 Å². The Kier molecular flexibility index (Phi) is 13.5. The molecule has 0 aromatic carbocycles. The van der Waals surface area contributed by atoms with Gasteiger partial charge in [-0.05, 0) is 32.1 Å². The standard InChI is InChI=1S/C16H28/c1-3-5-7-9-11-13-15-16-14-12-10-8-6-4-2/h3,5-8H,1,4,9-16H2,2H3. The lowest BCUT2D eigenvalue weighted by atomic mass is 10.1. The van der Waals surface area contributed by atoms with Crippen LogP contribution in [0.1, 0.15) is 64.7 Å². The molecule has 0 aromatic heterocycles. The van der Waals surface area contributed by atoms with Crippen molar-refractivity contribution in [2.45, 2.75) is 64.7 Å². The van der Waals surface area contributed by atoms with Crippen molar-refractivity contribution in [3.05, 3.63) is 37.0 Å². The van der Waals surface area contributed by atoms with E-state index in [2.05, 4.69) is 31.7 Å². The SMILES string of the molecule is C=CC=CCCCCCCCCC=CCC. The predicted molar refractivity (Wildman–Crippen MR) is 75.7 cm³/mol. The van der Waals surface area contributed by atoms with Crippen LogP contribution in [0.2, 0.25) is 0 Å². The molecule has 0 heteroatoms. The van der Waals surface area contributed by atoms with Crippen molar-refractivity contribution in [1.82, 2.24) is 0 Å². The van der Waals surface area contributed by atoms with E-state index in [9.17, 15) is 0 Å². The molecule has 0 spiro atoms. The van der Waals surface area contributed by atoms with Gasteiger partial charge in [0.1, 0.15) is 0 Å². The summed E-state index contributed by atoms with van der Waals surface area (Å²) >= 11 is 0. The van der Waals surface area contributed by atoms with Crippen molar-refractivity contribution in [3.63, 3.8) is 0 Å². The van der Waals surface area contributed by atoms with Crippen molar-refractivity contribution in [2.24, 2.45) is 0 Å². The first-order valence-electron chi connectivity index (χ1n) is 6.84. The second kappa shape index (κ2) is 14.2. The molecule has 0 bridgehead atoms. The number of rotatable bonds is 11. The number of hydrogen-bond acceptors (Lipinski definition) is 0. The molecule has 0 fully saturated rings. The Morgan fingerprint density at radius 1 is 0.750 bits per heavy atom. The van der Waals surface area contributed by atoms with E-state index in [1.807, 2.05) is 12.2 Å². The summed E-state index contributed by atoms with van der Waals surface area (Å²) in [6.07, 6.45) is 22.7. The highest BCUT2D eigenvalue weighted by molar-refractivity contribution is 4.96. The van der Waals surface area contributed by atoms with Crippen LogP contribution in [-0.2, 0) is 0 Å². The molecule has 0 aromatic rings. The average molecular weight is 220 g/mol. The van der Waals surface area contributed by atoms with Crippen LogP contribution in [-0.4, -0.2) is 0 Å². The molecule has 0 saturated heterocycles. The summed E-state index contributed by atoms with van der Waals surface area (Å²) in [5.74, 6) is 0. The summed E-state index contributed by atoms with van der Waals surface area (Å²) in [7, 11) is 0. The van der Waals surface area contributed by atoms with Crippen LogP contribution in [0.3, 0.4) is 0 Å². The van der Waals surface area contributed by atoms with Gasteiger partial charge in [0.2, 0.25) is 0 Å². The summed E-state index contributed by atoms with van der Waals surface area (Å²) in [5.41, 5.74) is 0. The average Bonchev–Trinajstić information content (AvgIpc) is 2.31. The van der Waals surface area contributed by atoms with E-state index >= 15 is 0 Å². The lowest BCUT2D eigenvalue weighted by Crippen LogP contribution is -1.79. The third kappa shape index (κ3) is 13.2. The zero-order valence-electron chi connectivity index (χ0n) is 11.0. The summed E-state index contributed by atoms with van der Waals surface area (Å²) in [4.78, 5) is 0. The van der Waals surface area contributed by atoms with Crippen LogP contribution < -0.4 is 0 Å². The molecular weight excluding hydrogens is 192 g/mol. The Bertz CT molecular complexity index is 186. The fourth-order valence-corrected chi connectivity index (χ4v) is 1.71. The fraction of sp³-hybridized carbons (Fsp3) is 0.625. The number of unbranched alkanes of at least 4 members (excludes halogenated alkanes) is 7. The maximum Gasteiger partial charge on any atom is -0.0348 e. The van der Waals surface area contributed by atoms with Crippen molar-refractivity contribution < 1.29 is 0 Å². The van der Waals surface area contributed by atoms with Crippen molar-refractivity contribution in [2.75, 3.05) is 0 Å². The van der Waals surface area contributed by atoms with E-state index in [1.165, 1.54) is 57.8 Å². The largest absolute Gasteiger partial charge is 0.0991 e. The molecule has 0 atom stereocenters. The Hall–Kier alpha value is -0.780. The van der Waals surface area contributed by atoms with Crippen LogP contribution >= 0.6 is 0 Å². The minimum absolute atomic E-state index is 1.18. The summed E-state index contributed by atoms with van der Waals surface area (Å²) < 4.78 is 0. The number of hydrogen-bond donors (Lipinski definition) is 0. The van der Waals surface area contributed by atoms with Crippen LogP contribution in [0.25, 0.3) is 0 Å². The van der Waals surface area contributed by atoms with Crippen molar-refractivity contribution in [3.8, 4) is 0 Å². The molecule has 0 rings (SSSR count). The first kappa shape index (κ1) is 15.2. The molecule has 0 amide bonds. The molecule has 0 aliphatic heterocycles. The van der Waals surface area contributed by atoms with Gasteiger partial charge >= 0.3 is 0 Å². The molecule has 0 heterocycles. The molecule has 0 aliphatic carbocycles. The highest BCUT2D eigenvalue weighted by atomic mass is 14.0. The lowest BCUT2D eigenvalue weighted by Gasteiger charge is -1.99. The maximum absolute atomic E-state index is 3.66. The van der Waals surface area contributed by atoms with E-state index < -0.39 is 0 Å². The summed E-state index contributed by atoms with van der Waals surface area (Å²) in [6.45, 7) is 5.85. The Labute approximate surface area is 102 Å². The van der Waals surface area contributed by atoms with Gasteiger partial charge in [0, 0.05) is 0 Å². The monoisotopic (exact) mass is 220 g/mol. The van der Waals surface area contributed by atoms with Crippen molar-refractivity contribution >= 4 is 0 Å². The van der Waals surface area contributed by atoms with E-state index in [0.717, 1.165) is 0 Å². The second-order valence-corrected chi connectivity index (χ2v) is 4.24. The smallest absolute Gasteiger partial charge is 0.0348 e. The quantitative estimate of drug-likeness (QED) is 0.234. The molecule has 0 radical (unpaired) electrons. The fourth-order valence-electron chi connectivity index (χ4n) is 1.71. The van der Waals surface area contributed by atoms with E-state index in [1.54, 1.807) is 0 Å². The van der Waals surface area contributed by atoms with Crippen LogP contribution in [0, 0.1) is 0 Å². The highest BCUT2D eigenvalue weighted by Crippen LogP contribution is 2.09. The zero-order valence-corrected chi connectivity index (χ0v) is 11.0. The maximum atomic E-state index is 3.66. The van der Waals surface area contributed by atoms with Gasteiger partial charge in [-0.2, -0.15) is 0 Å². The molecule has 0 N–H and O–H groups in total. The molecule has 0 saturated carbocycles. The molecule has 0 aliphatic rings. The summed E-state index contributed by atoms with van der Waals surface area (Å²) in [5, 5.41) is 0. The molecular formula is C16H28. The highest BCUT2D eigenvalue weighted by Gasteiger charge is 1.89. The molecule has 0 unspecified atom stereocenters. The van der Waals surface area contributed by atoms with E-state index in [-0.39, 0.29) is 0 Å². The Balaban J connectivity index is 3.01. The first-order valence-corrected chi connectivity index (χ1v) is 6.84.